The number of Topliss-reactive ketones (excluding diaryl/α,β-unsaturated/α-hetero) is 1. The summed E-state index contributed by atoms with van der Waals surface area (Å²) in [6.45, 7) is 0.777. The third-order valence-electron chi connectivity index (χ3n) is 5.04. The van der Waals surface area contributed by atoms with Crippen molar-refractivity contribution >= 4 is 17.4 Å². The molecule has 0 atom stereocenters. The fourth-order valence-corrected chi connectivity index (χ4v) is 3.56. The Morgan fingerprint density at radius 2 is 1.76 bits per heavy atom. The Labute approximate surface area is 147 Å². The summed E-state index contributed by atoms with van der Waals surface area (Å²) in [4.78, 5) is 26.5. The lowest BCUT2D eigenvalue weighted by Crippen LogP contribution is -2.48. The predicted octanol–water partition coefficient (Wildman–Crippen LogP) is 3.14. The molecule has 1 saturated carbocycles. The summed E-state index contributed by atoms with van der Waals surface area (Å²) < 4.78 is 5.88. The zero-order chi connectivity index (χ0) is 17.2. The Hall–Kier alpha value is -2.46. The quantitative estimate of drug-likeness (QED) is 0.862. The first-order valence-corrected chi connectivity index (χ1v) is 8.77. The van der Waals surface area contributed by atoms with Crippen molar-refractivity contribution in [1.82, 2.24) is 0 Å². The van der Waals surface area contributed by atoms with E-state index in [9.17, 15) is 9.59 Å². The van der Waals surface area contributed by atoms with Crippen LogP contribution in [-0.4, -0.2) is 24.3 Å². The van der Waals surface area contributed by atoms with Gasteiger partial charge >= 0.3 is 0 Å². The molecule has 1 heterocycles. The highest BCUT2D eigenvalue weighted by molar-refractivity contribution is 6.04. The lowest BCUT2D eigenvalue weighted by Gasteiger charge is -2.38. The lowest BCUT2D eigenvalue weighted by molar-refractivity contribution is -0.133. The highest BCUT2D eigenvalue weighted by Crippen LogP contribution is 2.35. The Bertz CT molecular complexity index is 781. The highest BCUT2D eigenvalue weighted by Gasteiger charge is 2.39. The number of nitrogens with zero attached hydrogens (tertiary/aromatic N) is 1. The van der Waals surface area contributed by atoms with E-state index >= 15 is 0 Å². The molecule has 0 N–H and O–H groups in total. The third kappa shape index (κ3) is 3.35. The number of ether oxygens (including phenoxy) is 1. The highest BCUT2D eigenvalue weighted by atomic mass is 16.5. The number of rotatable bonds is 4. The van der Waals surface area contributed by atoms with Crippen molar-refractivity contribution in [2.75, 3.05) is 11.4 Å². The van der Waals surface area contributed by atoms with Crippen LogP contribution in [0.2, 0.25) is 0 Å². The van der Waals surface area contributed by atoms with Crippen LogP contribution in [0.3, 0.4) is 0 Å². The zero-order valence-corrected chi connectivity index (χ0v) is 14.1. The van der Waals surface area contributed by atoms with Crippen LogP contribution in [-0.2, 0) is 27.4 Å². The van der Waals surface area contributed by atoms with Gasteiger partial charge in [0.2, 0.25) is 5.91 Å². The van der Waals surface area contributed by atoms with Gasteiger partial charge in [0.15, 0.2) is 5.78 Å². The Morgan fingerprint density at radius 3 is 2.56 bits per heavy atom. The largest absolute Gasteiger partial charge is 0.373 e. The molecule has 0 bridgehead atoms. The molecule has 4 rings (SSSR count). The number of benzene rings is 2. The Balaban J connectivity index is 1.35. The molecule has 0 spiro atoms. The van der Waals surface area contributed by atoms with E-state index in [-0.39, 0.29) is 30.3 Å². The molecule has 0 saturated heterocycles. The number of ketones is 1. The first-order chi connectivity index (χ1) is 12.2. The minimum atomic E-state index is -0.0419. The van der Waals surface area contributed by atoms with Gasteiger partial charge in [0, 0.05) is 18.0 Å². The second-order valence-corrected chi connectivity index (χ2v) is 6.86. The molecule has 0 unspecified atom stereocenters. The van der Waals surface area contributed by atoms with Crippen molar-refractivity contribution in [1.29, 1.82) is 0 Å². The van der Waals surface area contributed by atoms with E-state index in [1.165, 1.54) is 0 Å². The van der Waals surface area contributed by atoms with Gasteiger partial charge in [0.25, 0.3) is 0 Å². The van der Waals surface area contributed by atoms with Crippen molar-refractivity contribution in [2.24, 2.45) is 5.92 Å². The van der Waals surface area contributed by atoms with Crippen LogP contribution in [0.25, 0.3) is 0 Å². The summed E-state index contributed by atoms with van der Waals surface area (Å²) in [5.74, 6) is 0.114. The third-order valence-corrected chi connectivity index (χ3v) is 5.04. The number of hydrogen-bond donors (Lipinski definition) is 0. The number of amides is 1. The monoisotopic (exact) mass is 335 g/mol. The average molecular weight is 335 g/mol. The number of carbonyl (C=O) groups is 2. The second-order valence-electron chi connectivity index (χ2n) is 6.86. The summed E-state index contributed by atoms with van der Waals surface area (Å²) in [5.41, 5.74) is 2.98. The number of carbonyl (C=O) groups excluding carboxylic acids is 2. The molecule has 0 radical (unpaired) electrons. The van der Waals surface area contributed by atoms with Crippen molar-refractivity contribution in [3.8, 4) is 0 Å². The molecule has 1 fully saturated rings. The molecular weight excluding hydrogens is 314 g/mol. The summed E-state index contributed by atoms with van der Waals surface area (Å²) in [6, 6.07) is 17.8. The molecule has 2 aromatic rings. The van der Waals surface area contributed by atoms with Crippen molar-refractivity contribution < 1.29 is 14.3 Å². The van der Waals surface area contributed by atoms with E-state index in [4.69, 9.17) is 4.74 Å². The maximum atomic E-state index is 12.8. The van der Waals surface area contributed by atoms with E-state index in [2.05, 4.69) is 0 Å². The first-order valence-electron chi connectivity index (χ1n) is 8.77. The van der Waals surface area contributed by atoms with Crippen molar-refractivity contribution in [3.63, 3.8) is 0 Å². The SMILES string of the molecule is O=C1Cc2ccccc2N(C(=O)C2CC(OCc3ccccc3)C2)C1. The topological polar surface area (TPSA) is 46.6 Å². The Morgan fingerprint density at radius 1 is 1.04 bits per heavy atom. The molecule has 4 nitrogen and oxygen atoms in total. The fraction of sp³-hybridized carbons (Fsp3) is 0.333. The van der Waals surface area contributed by atoms with E-state index < -0.39 is 0 Å². The smallest absolute Gasteiger partial charge is 0.230 e. The van der Waals surface area contributed by atoms with Crippen molar-refractivity contribution in [3.05, 3.63) is 65.7 Å². The molecular formula is C21H21NO3. The van der Waals surface area contributed by atoms with E-state index in [1.807, 2.05) is 54.6 Å². The number of fused-ring (bicyclic) bond motifs is 1. The van der Waals surface area contributed by atoms with Crippen LogP contribution in [0, 0.1) is 5.92 Å². The predicted molar refractivity (Wildman–Crippen MR) is 95.2 cm³/mol. The molecule has 1 aliphatic heterocycles. The van der Waals surface area contributed by atoms with Gasteiger partial charge in [-0.3, -0.25) is 9.59 Å². The number of para-hydroxylation sites is 1. The van der Waals surface area contributed by atoms with Crippen LogP contribution in [0.4, 0.5) is 5.69 Å². The van der Waals surface area contributed by atoms with E-state index in [1.54, 1.807) is 4.90 Å². The standard InChI is InChI=1S/C21H21NO3/c23-18-10-16-8-4-5-9-20(16)22(13-18)21(24)17-11-19(12-17)25-14-15-6-2-1-3-7-15/h1-9,17,19H,10-14H2. The lowest BCUT2D eigenvalue weighted by atomic mass is 9.80. The van der Waals surface area contributed by atoms with Gasteiger partial charge in [-0.2, -0.15) is 0 Å². The molecule has 4 heteroatoms. The van der Waals surface area contributed by atoms with Crippen LogP contribution in [0.5, 0.6) is 0 Å². The molecule has 1 amide bonds. The van der Waals surface area contributed by atoms with Gasteiger partial charge in [0.05, 0.1) is 19.3 Å². The average Bonchev–Trinajstić information content (AvgIpc) is 2.60. The van der Waals surface area contributed by atoms with Gasteiger partial charge in [-0.25, -0.2) is 0 Å². The van der Waals surface area contributed by atoms with Gasteiger partial charge in [-0.15, -0.1) is 0 Å². The summed E-state index contributed by atoms with van der Waals surface area (Å²) in [6.07, 6.45) is 2.02. The molecule has 2 aliphatic rings. The van der Waals surface area contributed by atoms with Crippen LogP contribution in [0.1, 0.15) is 24.0 Å². The van der Waals surface area contributed by atoms with Crippen LogP contribution >= 0.6 is 0 Å². The van der Waals surface area contributed by atoms with Gasteiger partial charge < -0.3 is 9.64 Å². The molecule has 2 aromatic carbocycles. The maximum absolute atomic E-state index is 12.8. The number of hydrogen-bond acceptors (Lipinski definition) is 3. The van der Waals surface area contributed by atoms with E-state index in [0.29, 0.717) is 13.0 Å². The minimum absolute atomic E-state index is 0.0419. The normalized spacial score (nSPS) is 22.2. The maximum Gasteiger partial charge on any atom is 0.230 e. The summed E-state index contributed by atoms with van der Waals surface area (Å²) in [5, 5.41) is 0. The van der Waals surface area contributed by atoms with Gasteiger partial charge in [-0.05, 0) is 30.0 Å². The van der Waals surface area contributed by atoms with Crippen LogP contribution in [0.15, 0.2) is 54.6 Å². The first kappa shape index (κ1) is 16.0. The molecule has 0 aromatic heterocycles. The minimum Gasteiger partial charge on any atom is -0.373 e. The second kappa shape index (κ2) is 6.81. The summed E-state index contributed by atoms with van der Waals surface area (Å²) >= 11 is 0. The zero-order valence-electron chi connectivity index (χ0n) is 14.1. The molecule has 128 valence electrons. The fourth-order valence-electron chi connectivity index (χ4n) is 3.56. The molecule has 1 aliphatic carbocycles. The van der Waals surface area contributed by atoms with E-state index in [0.717, 1.165) is 29.7 Å². The van der Waals surface area contributed by atoms with Crippen molar-refractivity contribution in [2.45, 2.75) is 32.0 Å². The van der Waals surface area contributed by atoms with Gasteiger partial charge in [-0.1, -0.05) is 48.5 Å². The van der Waals surface area contributed by atoms with Crippen LogP contribution < -0.4 is 4.90 Å². The molecule has 25 heavy (non-hydrogen) atoms. The Kier molecular flexibility index (Phi) is 4.36. The number of anilines is 1. The summed E-state index contributed by atoms with van der Waals surface area (Å²) in [7, 11) is 0. The van der Waals surface area contributed by atoms with Gasteiger partial charge in [0.1, 0.15) is 0 Å².